The van der Waals surface area contributed by atoms with Crippen LogP contribution in [0.5, 0.6) is 0 Å². The molecular weight excluding hydrogens is 198 g/mol. The molecule has 0 radical (unpaired) electrons. The van der Waals surface area contributed by atoms with E-state index in [9.17, 15) is 0 Å². The zero-order valence-electron chi connectivity index (χ0n) is 9.08. The van der Waals surface area contributed by atoms with Gasteiger partial charge in [-0.1, -0.05) is 6.07 Å². The van der Waals surface area contributed by atoms with Crippen molar-refractivity contribution in [3.05, 3.63) is 60.2 Å². The summed E-state index contributed by atoms with van der Waals surface area (Å²) in [7, 11) is 0. The van der Waals surface area contributed by atoms with E-state index in [1.807, 2.05) is 36.5 Å². The van der Waals surface area contributed by atoms with Gasteiger partial charge in [-0.15, -0.1) is 0 Å². The Hall–Kier alpha value is -1.74. The molecule has 2 N–H and O–H groups in total. The maximum absolute atomic E-state index is 5.80. The molecule has 0 bridgehead atoms. The summed E-state index contributed by atoms with van der Waals surface area (Å²) < 4.78 is 0. The molecule has 0 aromatic carbocycles. The quantitative estimate of drug-likeness (QED) is 0.842. The van der Waals surface area contributed by atoms with Crippen LogP contribution in [-0.2, 0) is 6.42 Å². The Bertz CT molecular complexity index is 414. The first-order valence-corrected chi connectivity index (χ1v) is 5.40. The molecule has 3 nitrogen and oxygen atoms in total. The van der Waals surface area contributed by atoms with Gasteiger partial charge in [-0.2, -0.15) is 0 Å². The van der Waals surface area contributed by atoms with Crippen molar-refractivity contribution in [2.24, 2.45) is 5.73 Å². The van der Waals surface area contributed by atoms with Gasteiger partial charge in [0.15, 0.2) is 0 Å². The molecule has 0 saturated carbocycles. The highest BCUT2D eigenvalue weighted by atomic mass is 14.7. The molecule has 0 aliphatic carbocycles. The fraction of sp³-hybridized carbons (Fsp3) is 0.231. The molecule has 0 aliphatic heterocycles. The maximum atomic E-state index is 5.80. The molecule has 1 atom stereocenters. The van der Waals surface area contributed by atoms with E-state index in [1.54, 1.807) is 12.4 Å². The summed E-state index contributed by atoms with van der Waals surface area (Å²) in [5.74, 6) is 0.281. The van der Waals surface area contributed by atoms with Crippen LogP contribution < -0.4 is 5.73 Å². The van der Waals surface area contributed by atoms with Crippen molar-refractivity contribution in [2.75, 3.05) is 6.54 Å². The Balaban J connectivity index is 2.13. The lowest BCUT2D eigenvalue weighted by atomic mass is 9.96. The second-order valence-electron chi connectivity index (χ2n) is 3.75. The molecule has 2 aromatic heterocycles. The molecule has 3 heteroatoms. The summed E-state index contributed by atoms with van der Waals surface area (Å²) in [6, 6.07) is 9.98. The summed E-state index contributed by atoms with van der Waals surface area (Å²) in [5, 5.41) is 0. The lowest BCUT2D eigenvalue weighted by Gasteiger charge is -2.13. The Kier molecular flexibility index (Phi) is 3.62. The number of hydrogen-bond acceptors (Lipinski definition) is 3. The number of nitrogens with zero attached hydrogens (tertiary/aromatic N) is 2. The second kappa shape index (κ2) is 5.37. The minimum atomic E-state index is 0.281. The van der Waals surface area contributed by atoms with Gasteiger partial charge >= 0.3 is 0 Å². The number of rotatable bonds is 4. The SMILES string of the molecule is NCC(Cc1ccncc1)c1ccccn1. The first-order chi connectivity index (χ1) is 7.90. The van der Waals surface area contributed by atoms with Crippen LogP contribution in [0, 0.1) is 0 Å². The van der Waals surface area contributed by atoms with E-state index in [4.69, 9.17) is 5.73 Å². The van der Waals surface area contributed by atoms with Gasteiger partial charge in [-0.25, -0.2) is 0 Å². The number of pyridine rings is 2. The van der Waals surface area contributed by atoms with E-state index in [2.05, 4.69) is 9.97 Å². The molecule has 0 fully saturated rings. The maximum Gasteiger partial charge on any atom is 0.0450 e. The van der Waals surface area contributed by atoms with Crippen LogP contribution in [0.25, 0.3) is 0 Å². The largest absolute Gasteiger partial charge is 0.330 e. The Morgan fingerprint density at radius 3 is 2.50 bits per heavy atom. The third-order valence-electron chi connectivity index (χ3n) is 2.62. The zero-order valence-corrected chi connectivity index (χ0v) is 9.08. The predicted molar refractivity (Wildman–Crippen MR) is 64.0 cm³/mol. The van der Waals surface area contributed by atoms with Crippen LogP contribution >= 0.6 is 0 Å². The van der Waals surface area contributed by atoms with Crippen molar-refractivity contribution >= 4 is 0 Å². The lowest BCUT2D eigenvalue weighted by Crippen LogP contribution is -2.16. The van der Waals surface area contributed by atoms with E-state index in [1.165, 1.54) is 5.56 Å². The molecule has 82 valence electrons. The zero-order chi connectivity index (χ0) is 11.2. The predicted octanol–water partition coefficient (Wildman–Crippen LogP) is 1.76. The van der Waals surface area contributed by atoms with Crippen LogP contribution in [0.15, 0.2) is 48.9 Å². The molecule has 2 aromatic rings. The fourth-order valence-electron chi connectivity index (χ4n) is 1.73. The van der Waals surface area contributed by atoms with Gasteiger partial charge in [0.1, 0.15) is 0 Å². The highest BCUT2D eigenvalue weighted by Crippen LogP contribution is 2.17. The van der Waals surface area contributed by atoms with Crippen molar-refractivity contribution in [2.45, 2.75) is 12.3 Å². The van der Waals surface area contributed by atoms with Gasteiger partial charge < -0.3 is 5.73 Å². The van der Waals surface area contributed by atoms with E-state index in [0.717, 1.165) is 12.1 Å². The van der Waals surface area contributed by atoms with Crippen molar-refractivity contribution in [3.8, 4) is 0 Å². The molecule has 2 rings (SSSR count). The minimum absolute atomic E-state index is 0.281. The van der Waals surface area contributed by atoms with Crippen LogP contribution in [0.3, 0.4) is 0 Å². The third kappa shape index (κ3) is 2.64. The summed E-state index contributed by atoms with van der Waals surface area (Å²) in [4.78, 5) is 8.35. The standard InChI is InChI=1S/C13H15N3/c14-10-12(13-3-1-2-6-16-13)9-11-4-7-15-8-5-11/h1-8,12H,9-10,14H2. The van der Waals surface area contributed by atoms with Crippen LogP contribution in [0.1, 0.15) is 17.2 Å². The number of aromatic nitrogens is 2. The summed E-state index contributed by atoms with van der Waals surface area (Å²) in [5.41, 5.74) is 8.10. The monoisotopic (exact) mass is 213 g/mol. The molecular formula is C13H15N3. The Morgan fingerprint density at radius 1 is 1.06 bits per heavy atom. The second-order valence-corrected chi connectivity index (χ2v) is 3.75. The number of nitrogens with two attached hydrogens (primary N) is 1. The third-order valence-corrected chi connectivity index (χ3v) is 2.62. The smallest absolute Gasteiger partial charge is 0.0450 e. The van der Waals surface area contributed by atoms with Crippen molar-refractivity contribution < 1.29 is 0 Å². The first-order valence-electron chi connectivity index (χ1n) is 5.40. The molecule has 0 saturated heterocycles. The van der Waals surface area contributed by atoms with Crippen molar-refractivity contribution in [1.29, 1.82) is 0 Å². The normalized spacial score (nSPS) is 12.3. The van der Waals surface area contributed by atoms with E-state index in [0.29, 0.717) is 6.54 Å². The van der Waals surface area contributed by atoms with Gasteiger partial charge in [0.25, 0.3) is 0 Å². The molecule has 0 spiro atoms. The molecule has 0 aliphatic rings. The summed E-state index contributed by atoms with van der Waals surface area (Å²) >= 11 is 0. The van der Waals surface area contributed by atoms with Gasteiger partial charge in [0, 0.05) is 36.7 Å². The fourth-order valence-corrected chi connectivity index (χ4v) is 1.73. The van der Waals surface area contributed by atoms with E-state index in [-0.39, 0.29) is 5.92 Å². The van der Waals surface area contributed by atoms with E-state index >= 15 is 0 Å². The number of hydrogen-bond donors (Lipinski definition) is 1. The molecule has 2 heterocycles. The topological polar surface area (TPSA) is 51.8 Å². The van der Waals surface area contributed by atoms with Gasteiger partial charge in [-0.05, 0) is 36.2 Å². The average molecular weight is 213 g/mol. The first kappa shape index (κ1) is 10.8. The lowest BCUT2D eigenvalue weighted by molar-refractivity contribution is 0.672. The van der Waals surface area contributed by atoms with Gasteiger partial charge in [0.2, 0.25) is 0 Å². The minimum Gasteiger partial charge on any atom is -0.330 e. The molecule has 1 unspecified atom stereocenters. The summed E-state index contributed by atoms with van der Waals surface area (Å²) in [6.45, 7) is 0.610. The van der Waals surface area contributed by atoms with Gasteiger partial charge in [-0.3, -0.25) is 9.97 Å². The highest BCUT2D eigenvalue weighted by molar-refractivity contribution is 5.17. The van der Waals surface area contributed by atoms with Crippen molar-refractivity contribution in [3.63, 3.8) is 0 Å². The summed E-state index contributed by atoms with van der Waals surface area (Å²) in [6.07, 6.45) is 6.34. The van der Waals surface area contributed by atoms with Gasteiger partial charge in [0.05, 0.1) is 0 Å². The molecule has 0 amide bonds. The van der Waals surface area contributed by atoms with Crippen LogP contribution in [-0.4, -0.2) is 16.5 Å². The van der Waals surface area contributed by atoms with Crippen LogP contribution in [0.2, 0.25) is 0 Å². The highest BCUT2D eigenvalue weighted by Gasteiger charge is 2.11. The average Bonchev–Trinajstić information content (AvgIpc) is 2.38. The Morgan fingerprint density at radius 2 is 1.88 bits per heavy atom. The van der Waals surface area contributed by atoms with E-state index < -0.39 is 0 Å². The Labute approximate surface area is 95.4 Å². The molecule has 16 heavy (non-hydrogen) atoms. The van der Waals surface area contributed by atoms with Crippen molar-refractivity contribution in [1.82, 2.24) is 9.97 Å². The van der Waals surface area contributed by atoms with Crippen LogP contribution in [0.4, 0.5) is 0 Å².